The number of hydrogen-bond acceptors (Lipinski definition) is 3. The molecule has 1 aromatic rings. The van der Waals surface area contributed by atoms with Crippen molar-refractivity contribution in [1.29, 1.82) is 0 Å². The van der Waals surface area contributed by atoms with Crippen molar-refractivity contribution in [2.75, 3.05) is 0 Å². The number of aryl methyl sites for hydroxylation is 2. The first-order valence-electron chi connectivity index (χ1n) is 4.15. The van der Waals surface area contributed by atoms with Crippen molar-refractivity contribution in [3.8, 4) is 0 Å². The van der Waals surface area contributed by atoms with Crippen molar-refractivity contribution in [3.63, 3.8) is 0 Å². The normalized spacial score (nSPS) is 14.6. The molecule has 0 fully saturated rings. The molecular weight excluding hydrogens is 227 g/mol. The fourth-order valence-electron chi connectivity index (χ4n) is 1.70. The Labute approximate surface area is 126 Å². The van der Waals surface area contributed by atoms with Crippen LogP contribution in [-0.2, 0) is 23.0 Å². The number of rotatable bonds is 1. The van der Waals surface area contributed by atoms with Crippen molar-refractivity contribution in [2.24, 2.45) is 0 Å². The van der Waals surface area contributed by atoms with Gasteiger partial charge in [0.2, 0.25) is 0 Å². The molecule has 0 amide bonds. The van der Waals surface area contributed by atoms with Crippen molar-refractivity contribution < 1.29 is 64.4 Å². The van der Waals surface area contributed by atoms with E-state index < -0.39 is 10.1 Å². The molecule has 1 aliphatic carbocycles. The smallest absolute Gasteiger partial charge is 0.744 e. The molecule has 0 saturated carbocycles. The van der Waals surface area contributed by atoms with Gasteiger partial charge in [0.1, 0.15) is 10.1 Å². The van der Waals surface area contributed by atoms with Gasteiger partial charge in [-0.05, 0) is 42.5 Å². The molecule has 0 aromatic heterocycles. The molecule has 1 aliphatic rings. The van der Waals surface area contributed by atoms with Crippen LogP contribution >= 0.6 is 0 Å². The fourth-order valence-corrected chi connectivity index (χ4v) is 2.23. The Balaban J connectivity index is 0.000000980. The van der Waals surface area contributed by atoms with E-state index >= 15 is 0 Å². The maximum absolute atomic E-state index is 10.7. The largest absolute Gasteiger partial charge is 1.00 e. The maximum Gasteiger partial charge on any atom is 1.00 e. The molecule has 0 saturated heterocycles. The van der Waals surface area contributed by atoms with Crippen molar-refractivity contribution >= 4 is 10.1 Å². The Kier molecular flexibility index (Phi) is 4.34. The SMILES string of the molecule is O=S(=O)([O-])c1ccc2c(c1)CCC2.[K+]. The Morgan fingerprint density at radius 1 is 1.14 bits per heavy atom. The first-order chi connectivity index (χ1) is 6.07. The van der Waals surface area contributed by atoms with Crippen LogP contribution in [0.25, 0.3) is 0 Å². The summed E-state index contributed by atoms with van der Waals surface area (Å²) in [4.78, 5) is -0.104. The van der Waals surface area contributed by atoms with Gasteiger partial charge in [0, 0.05) is 0 Å². The first kappa shape index (κ1) is 12.8. The summed E-state index contributed by atoms with van der Waals surface area (Å²) in [5.41, 5.74) is 2.18. The molecule has 0 aliphatic heterocycles. The van der Waals surface area contributed by atoms with E-state index in [1.165, 1.54) is 17.7 Å². The van der Waals surface area contributed by atoms with Gasteiger partial charge in [-0.1, -0.05) is 6.07 Å². The first-order valence-corrected chi connectivity index (χ1v) is 5.56. The van der Waals surface area contributed by atoms with Crippen molar-refractivity contribution in [3.05, 3.63) is 29.3 Å². The van der Waals surface area contributed by atoms with E-state index in [1.807, 2.05) is 0 Å². The Bertz CT molecular complexity index is 439. The molecule has 0 bridgehead atoms. The van der Waals surface area contributed by atoms with Gasteiger partial charge in [0.15, 0.2) is 0 Å². The summed E-state index contributed by atoms with van der Waals surface area (Å²) in [6.45, 7) is 0. The van der Waals surface area contributed by atoms with Gasteiger partial charge < -0.3 is 4.55 Å². The third-order valence-corrected chi connectivity index (χ3v) is 3.19. The molecule has 70 valence electrons. The maximum atomic E-state index is 10.7. The van der Waals surface area contributed by atoms with Crippen LogP contribution in [0, 0.1) is 0 Å². The van der Waals surface area contributed by atoms with Gasteiger partial charge >= 0.3 is 51.4 Å². The topological polar surface area (TPSA) is 57.2 Å². The van der Waals surface area contributed by atoms with E-state index in [2.05, 4.69) is 0 Å². The minimum absolute atomic E-state index is 0. The second-order valence-corrected chi connectivity index (χ2v) is 4.62. The van der Waals surface area contributed by atoms with Crippen LogP contribution in [0.2, 0.25) is 0 Å². The Morgan fingerprint density at radius 2 is 1.79 bits per heavy atom. The Morgan fingerprint density at radius 3 is 2.43 bits per heavy atom. The quantitative estimate of drug-likeness (QED) is 0.422. The summed E-state index contributed by atoms with van der Waals surface area (Å²) in [5.74, 6) is 0. The molecule has 0 radical (unpaired) electrons. The molecule has 0 N–H and O–H groups in total. The summed E-state index contributed by atoms with van der Waals surface area (Å²) in [7, 11) is -4.27. The predicted molar refractivity (Wildman–Crippen MR) is 46.4 cm³/mol. The summed E-state index contributed by atoms with van der Waals surface area (Å²) >= 11 is 0. The number of hydrogen-bond donors (Lipinski definition) is 0. The minimum Gasteiger partial charge on any atom is -0.744 e. The second kappa shape index (κ2) is 4.74. The standard InChI is InChI=1S/C9H10O3S.K/c10-13(11,12)9-5-4-7-2-1-3-8(7)6-9;/h4-6H,1-3H2,(H,10,11,12);/q;+1/p-1. The summed E-state index contributed by atoms with van der Waals surface area (Å²) < 4.78 is 32.0. The average Bonchev–Trinajstić information content (AvgIpc) is 2.47. The summed E-state index contributed by atoms with van der Waals surface area (Å²) in [6, 6.07) is 4.64. The van der Waals surface area contributed by atoms with Crippen molar-refractivity contribution in [2.45, 2.75) is 24.2 Å². The van der Waals surface area contributed by atoms with E-state index in [9.17, 15) is 13.0 Å². The van der Waals surface area contributed by atoms with E-state index in [1.54, 1.807) is 6.07 Å². The summed E-state index contributed by atoms with van der Waals surface area (Å²) in [5, 5.41) is 0. The van der Waals surface area contributed by atoms with E-state index in [-0.39, 0.29) is 56.3 Å². The molecule has 3 nitrogen and oxygen atoms in total. The summed E-state index contributed by atoms with van der Waals surface area (Å²) in [6.07, 6.45) is 2.94. The van der Waals surface area contributed by atoms with Crippen LogP contribution in [-0.4, -0.2) is 13.0 Å². The van der Waals surface area contributed by atoms with Gasteiger partial charge in [-0.25, -0.2) is 8.42 Å². The third kappa shape index (κ3) is 2.66. The van der Waals surface area contributed by atoms with Crippen LogP contribution in [0.4, 0.5) is 0 Å². The zero-order chi connectivity index (χ0) is 9.47. The zero-order valence-corrected chi connectivity index (χ0v) is 11.9. The van der Waals surface area contributed by atoms with Gasteiger partial charge in [-0.3, -0.25) is 0 Å². The molecule has 1 aromatic carbocycles. The predicted octanol–water partition coefficient (Wildman–Crippen LogP) is -1.92. The van der Waals surface area contributed by atoms with Crippen LogP contribution in [0.3, 0.4) is 0 Å². The van der Waals surface area contributed by atoms with E-state index in [4.69, 9.17) is 0 Å². The van der Waals surface area contributed by atoms with Crippen LogP contribution in [0.15, 0.2) is 23.1 Å². The average molecular weight is 236 g/mol. The number of fused-ring (bicyclic) bond motifs is 1. The van der Waals surface area contributed by atoms with Crippen LogP contribution < -0.4 is 51.4 Å². The van der Waals surface area contributed by atoms with Crippen LogP contribution in [0.5, 0.6) is 0 Å². The van der Waals surface area contributed by atoms with Gasteiger partial charge in [0.25, 0.3) is 0 Å². The van der Waals surface area contributed by atoms with Crippen molar-refractivity contribution in [1.82, 2.24) is 0 Å². The molecule has 0 atom stereocenters. The zero-order valence-electron chi connectivity index (χ0n) is 7.99. The van der Waals surface area contributed by atoms with E-state index in [0.29, 0.717) is 0 Å². The molecule has 0 unspecified atom stereocenters. The number of benzene rings is 1. The molecular formula is C9H9KO3S. The molecule has 5 heteroatoms. The molecule has 2 rings (SSSR count). The molecule has 0 heterocycles. The molecule has 0 spiro atoms. The monoisotopic (exact) mass is 236 g/mol. The molecule has 14 heavy (non-hydrogen) atoms. The Hall–Kier alpha value is 0.766. The second-order valence-electron chi connectivity index (χ2n) is 3.24. The fraction of sp³-hybridized carbons (Fsp3) is 0.333. The van der Waals surface area contributed by atoms with Gasteiger partial charge in [-0.2, -0.15) is 0 Å². The minimum atomic E-state index is -4.27. The van der Waals surface area contributed by atoms with Gasteiger partial charge in [0.05, 0.1) is 4.90 Å². The van der Waals surface area contributed by atoms with Gasteiger partial charge in [-0.15, -0.1) is 0 Å². The van der Waals surface area contributed by atoms with Crippen LogP contribution in [0.1, 0.15) is 17.5 Å². The van der Waals surface area contributed by atoms with E-state index in [0.717, 1.165) is 24.8 Å². The third-order valence-electron chi connectivity index (χ3n) is 2.36.